The van der Waals surface area contributed by atoms with Gasteiger partial charge < -0.3 is 0 Å². The molecule has 3 heteroatoms. The van der Waals surface area contributed by atoms with Gasteiger partial charge in [0.05, 0.1) is 9.79 Å². The summed E-state index contributed by atoms with van der Waals surface area (Å²) in [4.78, 5) is 0.670. The summed E-state index contributed by atoms with van der Waals surface area (Å²) >= 11 is 0. The average Bonchev–Trinajstić information content (AvgIpc) is 2.31. The predicted octanol–water partition coefficient (Wildman–Crippen LogP) is 2.83. The van der Waals surface area contributed by atoms with Gasteiger partial charge in [-0.15, -0.1) is 0 Å². The fourth-order valence-corrected chi connectivity index (χ4v) is 2.74. The van der Waals surface area contributed by atoms with E-state index in [1.807, 2.05) is 6.92 Å². The highest BCUT2D eigenvalue weighted by Crippen LogP contribution is 2.20. The van der Waals surface area contributed by atoms with Gasteiger partial charge in [0.15, 0.2) is 0 Å². The second kappa shape index (κ2) is 4.10. The van der Waals surface area contributed by atoms with E-state index < -0.39 is 9.84 Å². The molecule has 0 aromatic heterocycles. The second-order valence-corrected chi connectivity index (χ2v) is 5.58. The van der Waals surface area contributed by atoms with Gasteiger partial charge >= 0.3 is 0 Å². The molecule has 0 aliphatic heterocycles. The van der Waals surface area contributed by atoms with E-state index in [2.05, 4.69) is 0 Å². The van der Waals surface area contributed by atoms with Crippen LogP contribution in [0.4, 0.5) is 0 Å². The van der Waals surface area contributed by atoms with Crippen LogP contribution in [0.5, 0.6) is 0 Å². The molecule has 0 heterocycles. The van der Waals surface area contributed by atoms with Crippen LogP contribution in [0.25, 0.3) is 0 Å². The van der Waals surface area contributed by atoms with Crippen LogP contribution in [0.2, 0.25) is 0 Å². The maximum Gasteiger partial charge on any atom is 0.206 e. The van der Waals surface area contributed by atoms with Gasteiger partial charge in [-0.1, -0.05) is 35.9 Å². The Bertz CT molecular complexity index is 569. The molecule has 0 radical (unpaired) electrons. The van der Waals surface area contributed by atoms with Crippen molar-refractivity contribution < 1.29 is 8.42 Å². The lowest BCUT2D eigenvalue weighted by Crippen LogP contribution is -2.01. The Balaban J connectivity index is 2.52. The summed E-state index contributed by atoms with van der Waals surface area (Å²) in [6.45, 7) is 1.93. The fourth-order valence-electron chi connectivity index (χ4n) is 1.45. The zero-order valence-electron chi connectivity index (χ0n) is 8.92. The number of benzene rings is 2. The van der Waals surface area contributed by atoms with Crippen molar-refractivity contribution in [3.8, 4) is 0 Å². The summed E-state index contributed by atoms with van der Waals surface area (Å²) in [5.41, 5.74) is 1.05. The lowest BCUT2D eigenvalue weighted by Gasteiger charge is -2.04. The molecule has 0 aliphatic carbocycles. The van der Waals surface area contributed by atoms with E-state index in [9.17, 15) is 8.42 Å². The van der Waals surface area contributed by atoms with Crippen molar-refractivity contribution in [3.05, 3.63) is 60.2 Å². The second-order valence-electron chi connectivity index (χ2n) is 3.63. The van der Waals surface area contributed by atoms with E-state index >= 15 is 0 Å². The molecule has 0 spiro atoms. The average molecular weight is 232 g/mol. The third kappa shape index (κ3) is 1.99. The van der Waals surface area contributed by atoms with Crippen LogP contribution in [0.15, 0.2) is 64.4 Å². The molecule has 0 atom stereocenters. The molecule has 0 N–H and O–H groups in total. The molecule has 0 saturated carbocycles. The van der Waals surface area contributed by atoms with Crippen molar-refractivity contribution >= 4 is 9.84 Å². The topological polar surface area (TPSA) is 34.1 Å². The lowest BCUT2D eigenvalue weighted by atomic mass is 10.2. The summed E-state index contributed by atoms with van der Waals surface area (Å²) < 4.78 is 24.3. The maximum atomic E-state index is 12.1. The molecule has 0 bridgehead atoms. The number of hydrogen-bond acceptors (Lipinski definition) is 2. The molecule has 0 unspecified atom stereocenters. The number of hydrogen-bond donors (Lipinski definition) is 0. The van der Waals surface area contributed by atoms with E-state index in [1.165, 1.54) is 0 Å². The molecule has 2 nitrogen and oxygen atoms in total. The van der Waals surface area contributed by atoms with Crippen molar-refractivity contribution in [3.63, 3.8) is 0 Å². The maximum absolute atomic E-state index is 12.1. The summed E-state index contributed by atoms with van der Waals surface area (Å²) in [5.74, 6) is 0. The van der Waals surface area contributed by atoms with E-state index in [0.717, 1.165) is 5.56 Å². The van der Waals surface area contributed by atoms with Crippen LogP contribution in [-0.2, 0) is 9.84 Å². The Morgan fingerprint density at radius 2 is 1.25 bits per heavy atom. The molecular formula is C13H12O2S. The molecule has 0 saturated heterocycles. The number of rotatable bonds is 2. The van der Waals surface area contributed by atoms with Gasteiger partial charge in [0.2, 0.25) is 9.84 Å². The molecular weight excluding hydrogens is 220 g/mol. The predicted molar refractivity (Wildman–Crippen MR) is 63.1 cm³/mol. The van der Waals surface area contributed by atoms with Crippen LogP contribution in [0.3, 0.4) is 0 Å². The van der Waals surface area contributed by atoms with Crippen molar-refractivity contribution in [2.45, 2.75) is 16.7 Å². The first-order chi connectivity index (χ1) is 7.60. The van der Waals surface area contributed by atoms with E-state index in [-0.39, 0.29) is 0 Å². The smallest absolute Gasteiger partial charge is 0.206 e. The molecule has 2 aromatic rings. The standard InChI is InChI=1S/C13H12O2S/c1-11-7-9-13(10-8-11)16(14,15)12-5-3-2-4-6-12/h2-10H,1H3. The summed E-state index contributed by atoms with van der Waals surface area (Å²) in [6.07, 6.45) is 0. The Hall–Kier alpha value is -1.61. The van der Waals surface area contributed by atoms with Crippen LogP contribution in [0.1, 0.15) is 5.56 Å². The lowest BCUT2D eigenvalue weighted by molar-refractivity contribution is 0.596. The molecule has 0 amide bonds. The van der Waals surface area contributed by atoms with E-state index in [0.29, 0.717) is 9.79 Å². The highest BCUT2D eigenvalue weighted by molar-refractivity contribution is 7.91. The highest BCUT2D eigenvalue weighted by Gasteiger charge is 2.16. The van der Waals surface area contributed by atoms with Gasteiger partial charge in [-0.25, -0.2) is 8.42 Å². The van der Waals surface area contributed by atoms with Gasteiger partial charge in [-0.3, -0.25) is 0 Å². The molecule has 0 fully saturated rings. The Morgan fingerprint density at radius 3 is 1.81 bits per heavy atom. The van der Waals surface area contributed by atoms with Crippen molar-refractivity contribution in [1.82, 2.24) is 0 Å². The first kappa shape index (κ1) is 10.9. The third-order valence-electron chi connectivity index (χ3n) is 2.38. The Labute approximate surface area is 95.5 Å². The van der Waals surface area contributed by atoms with Gasteiger partial charge in [0.25, 0.3) is 0 Å². The zero-order chi connectivity index (χ0) is 11.6. The van der Waals surface area contributed by atoms with Gasteiger partial charge in [0.1, 0.15) is 0 Å². The summed E-state index contributed by atoms with van der Waals surface area (Å²) in [7, 11) is -3.36. The van der Waals surface area contributed by atoms with Crippen LogP contribution in [-0.4, -0.2) is 8.42 Å². The zero-order valence-corrected chi connectivity index (χ0v) is 9.74. The van der Waals surface area contributed by atoms with Crippen LogP contribution < -0.4 is 0 Å². The Morgan fingerprint density at radius 1 is 0.750 bits per heavy atom. The first-order valence-electron chi connectivity index (χ1n) is 4.97. The molecule has 2 rings (SSSR count). The molecule has 82 valence electrons. The molecule has 2 aromatic carbocycles. The summed E-state index contributed by atoms with van der Waals surface area (Å²) in [5, 5.41) is 0. The van der Waals surface area contributed by atoms with Crippen LogP contribution in [0, 0.1) is 6.92 Å². The quantitative estimate of drug-likeness (QED) is 0.798. The van der Waals surface area contributed by atoms with Crippen LogP contribution >= 0.6 is 0 Å². The van der Waals surface area contributed by atoms with Gasteiger partial charge in [0, 0.05) is 0 Å². The van der Waals surface area contributed by atoms with E-state index in [4.69, 9.17) is 0 Å². The minimum atomic E-state index is -3.36. The first-order valence-corrected chi connectivity index (χ1v) is 6.46. The van der Waals surface area contributed by atoms with E-state index in [1.54, 1.807) is 54.6 Å². The third-order valence-corrected chi connectivity index (χ3v) is 4.17. The number of sulfone groups is 1. The van der Waals surface area contributed by atoms with Crippen molar-refractivity contribution in [1.29, 1.82) is 0 Å². The van der Waals surface area contributed by atoms with Crippen molar-refractivity contribution in [2.75, 3.05) is 0 Å². The highest BCUT2D eigenvalue weighted by atomic mass is 32.2. The molecule has 16 heavy (non-hydrogen) atoms. The minimum Gasteiger partial charge on any atom is -0.219 e. The largest absolute Gasteiger partial charge is 0.219 e. The van der Waals surface area contributed by atoms with Crippen molar-refractivity contribution in [2.24, 2.45) is 0 Å². The Kier molecular flexibility index (Phi) is 2.79. The monoisotopic (exact) mass is 232 g/mol. The fraction of sp³-hybridized carbons (Fsp3) is 0.0769. The minimum absolute atomic E-state index is 0.332. The summed E-state index contributed by atoms with van der Waals surface area (Å²) in [6, 6.07) is 15.3. The molecule has 0 aliphatic rings. The van der Waals surface area contributed by atoms with Gasteiger partial charge in [-0.2, -0.15) is 0 Å². The van der Waals surface area contributed by atoms with Gasteiger partial charge in [-0.05, 0) is 31.2 Å². The SMILES string of the molecule is Cc1ccc(S(=O)(=O)c2ccccc2)cc1. The number of aryl methyl sites for hydroxylation is 1. The normalized spacial score (nSPS) is 11.3.